The minimum absolute atomic E-state index is 0.0812. The van der Waals surface area contributed by atoms with E-state index in [4.69, 9.17) is 4.74 Å². The van der Waals surface area contributed by atoms with Crippen molar-refractivity contribution >= 4 is 5.97 Å². The number of hydrogen-bond donors (Lipinski definition) is 0. The second-order valence-corrected chi connectivity index (χ2v) is 6.08. The molecule has 23 heavy (non-hydrogen) atoms. The van der Waals surface area contributed by atoms with Crippen LogP contribution in [0.4, 0.5) is 0 Å². The average Bonchev–Trinajstić information content (AvgIpc) is 2.75. The van der Waals surface area contributed by atoms with Gasteiger partial charge in [0.05, 0.1) is 12.5 Å². The molecule has 3 nitrogen and oxygen atoms in total. The molecule has 0 aromatic heterocycles. The van der Waals surface area contributed by atoms with Gasteiger partial charge in [0.1, 0.15) is 0 Å². The van der Waals surface area contributed by atoms with E-state index in [-0.39, 0.29) is 11.9 Å². The Hall–Kier alpha value is -2.13. The third kappa shape index (κ3) is 3.99. The molecule has 2 aromatic rings. The van der Waals surface area contributed by atoms with Gasteiger partial charge < -0.3 is 4.74 Å². The van der Waals surface area contributed by atoms with Gasteiger partial charge in [-0.25, -0.2) is 0 Å². The van der Waals surface area contributed by atoms with Crippen molar-refractivity contribution in [1.82, 2.24) is 4.90 Å². The first-order valence-corrected chi connectivity index (χ1v) is 8.26. The average molecular weight is 309 g/mol. The number of carbonyl (C=O) groups excluding carboxylic acids is 1. The predicted molar refractivity (Wildman–Crippen MR) is 90.8 cm³/mol. The minimum atomic E-state index is -0.0951. The lowest BCUT2D eigenvalue weighted by atomic mass is 9.97. The Morgan fingerprint density at radius 2 is 1.78 bits per heavy atom. The van der Waals surface area contributed by atoms with Crippen LogP contribution in [-0.2, 0) is 29.0 Å². The summed E-state index contributed by atoms with van der Waals surface area (Å²) in [4.78, 5) is 14.7. The highest BCUT2D eigenvalue weighted by Gasteiger charge is 2.27. The summed E-state index contributed by atoms with van der Waals surface area (Å²) in [6.07, 6.45) is 0.764. The van der Waals surface area contributed by atoms with E-state index < -0.39 is 0 Å². The first kappa shape index (κ1) is 15.8. The SMILES string of the molecule is CCOC(=O)C1Cc2ccccc2CN(Cc2ccccc2)C1. The maximum absolute atomic E-state index is 12.3. The number of ether oxygens (including phenoxy) is 1. The van der Waals surface area contributed by atoms with E-state index in [1.54, 1.807) is 0 Å². The Balaban J connectivity index is 1.83. The van der Waals surface area contributed by atoms with Crippen molar-refractivity contribution in [2.45, 2.75) is 26.4 Å². The lowest BCUT2D eigenvalue weighted by molar-refractivity contribution is -0.148. The molecule has 3 heteroatoms. The van der Waals surface area contributed by atoms with Crippen LogP contribution < -0.4 is 0 Å². The van der Waals surface area contributed by atoms with E-state index in [1.807, 2.05) is 19.1 Å². The largest absolute Gasteiger partial charge is 0.466 e. The maximum Gasteiger partial charge on any atom is 0.310 e. The third-order valence-electron chi connectivity index (χ3n) is 4.33. The predicted octanol–water partition coefficient (Wildman–Crippen LogP) is 3.42. The normalized spacial score (nSPS) is 18.0. The van der Waals surface area contributed by atoms with Gasteiger partial charge >= 0.3 is 5.97 Å². The molecule has 0 amide bonds. The number of hydrogen-bond acceptors (Lipinski definition) is 3. The number of carbonyl (C=O) groups is 1. The molecule has 0 N–H and O–H groups in total. The number of benzene rings is 2. The fourth-order valence-electron chi connectivity index (χ4n) is 3.24. The molecule has 0 radical (unpaired) electrons. The van der Waals surface area contributed by atoms with E-state index in [0.717, 1.165) is 26.1 Å². The number of fused-ring (bicyclic) bond motifs is 1. The fraction of sp³-hybridized carbons (Fsp3) is 0.350. The summed E-state index contributed by atoms with van der Waals surface area (Å²) < 4.78 is 5.28. The first-order chi connectivity index (χ1) is 11.3. The van der Waals surface area contributed by atoms with Gasteiger partial charge in [0.15, 0.2) is 0 Å². The molecule has 0 aliphatic carbocycles. The van der Waals surface area contributed by atoms with Gasteiger partial charge in [-0.1, -0.05) is 54.6 Å². The van der Waals surface area contributed by atoms with Crippen molar-refractivity contribution in [2.75, 3.05) is 13.2 Å². The van der Waals surface area contributed by atoms with E-state index in [9.17, 15) is 4.79 Å². The smallest absolute Gasteiger partial charge is 0.310 e. The summed E-state index contributed by atoms with van der Waals surface area (Å²) in [7, 11) is 0. The molecule has 1 atom stereocenters. The van der Waals surface area contributed by atoms with Crippen LogP contribution in [0.1, 0.15) is 23.6 Å². The fourth-order valence-corrected chi connectivity index (χ4v) is 3.24. The van der Waals surface area contributed by atoms with Crippen molar-refractivity contribution < 1.29 is 9.53 Å². The zero-order valence-corrected chi connectivity index (χ0v) is 13.6. The van der Waals surface area contributed by atoms with Crippen LogP contribution in [0.2, 0.25) is 0 Å². The van der Waals surface area contributed by atoms with Crippen LogP contribution in [0.5, 0.6) is 0 Å². The standard InChI is InChI=1S/C20H23NO2/c1-2-23-20(22)19-12-17-10-6-7-11-18(17)14-21(15-19)13-16-8-4-3-5-9-16/h3-11,19H,2,12-15H2,1H3. The zero-order valence-electron chi connectivity index (χ0n) is 13.6. The molecule has 0 fully saturated rings. The molecule has 0 saturated heterocycles. The molecule has 0 bridgehead atoms. The molecule has 2 aromatic carbocycles. The Morgan fingerprint density at radius 3 is 2.52 bits per heavy atom. The summed E-state index contributed by atoms with van der Waals surface area (Å²) in [6, 6.07) is 18.8. The van der Waals surface area contributed by atoms with Gasteiger partial charge in [-0.2, -0.15) is 0 Å². The van der Waals surface area contributed by atoms with Crippen molar-refractivity contribution in [3.05, 3.63) is 71.3 Å². The van der Waals surface area contributed by atoms with Crippen LogP contribution in [0, 0.1) is 5.92 Å². The maximum atomic E-state index is 12.3. The van der Waals surface area contributed by atoms with E-state index in [1.165, 1.54) is 16.7 Å². The summed E-state index contributed by atoms with van der Waals surface area (Å²) in [5, 5.41) is 0. The van der Waals surface area contributed by atoms with Gasteiger partial charge in [-0.3, -0.25) is 9.69 Å². The second kappa shape index (κ2) is 7.42. The van der Waals surface area contributed by atoms with Gasteiger partial charge in [-0.05, 0) is 30.0 Å². The van der Waals surface area contributed by atoms with Crippen LogP contribution in [0.15, 0.2) is 54.6 Å². The van der Waals surface area contributed by atoms with Crippen LogP contribution in [0.3, 0.4) is 0 Å². The highest BCUT2D eigenvalue weighted by molar-refractivity contribution is 5.73. The van der Waals surface area contributed by atoms with E-state index in [2.05, 4.69) is 47.4 Å². The topological polar surface area (TPSA) is 29.5 Å². The lowest BCUT2D eigenvalue weighted by Gasteiger charge is -2.23. The zero-order chi connectivity index (χ0) is 16.1. The number of nitrogens with zero attached hydrogens (tertiary/aromatic N) is 1. The summed E-state index contributed by atoms with van der Waals surface area (Å²) in [5.74, 6) is -0.176. The summed E-state index contributed by atoms with van der Waals surface area (Å²) in [6.45, 7) is 4.77. The molecule has 1 unspecified atom stereocenters. The molecule has 120 valence electrons. The van der Waals surface area contributed by atoms with Crippen molar-refractivity contribution in [3.63, 3.8) is 0 Å². The number of esters is 1. The third-order valence-corrected chi connectivity index (χ3v) is 4.33. The summed E-state index contributed by atoms with van der Waals surface area (Å²) >= 11 is 0. The van der Waals surface area contributed by atoms with Crippen LogP contribution in [-0.4, -0.2) is 24.0 Å². The quantitative estimate of drug-likeness (QED) is 0.811. The first-order valence-electron chi connectivity index (χ1n) is 8.26. The van der Waals surface area contributed by atoms with Crippen LogP contribution in [0.25, 0.3) is 0 Å². The van der Waals surface area contributed by atoms with Crippen molar-refractivity contribution in [1.29, 1.82) is 0 Å². The van der Waals surface area contributed by atoms with E-state index >= 15 is 0 Å². The van der Waals surface area contributed by atoms with Gasteiger partial charge in [-0.15, -0.1) is 0 Å². The van der Waals surface area contributed by atoms with Gasteiger partial charge in [0, 0.05) is 19.6 Å². The van der Waals surface area contributed by atoms with Crippen LogP contribution >= 0.6 is 0 Å². The Bertz CT molecular complexity index is 654. The molecule has 0 saturated carbocycles. The summed E-state index contributed by atoms with van der Waals surface area (Å²) in [5.41, 5.74) is 3.85. The monoisotopic (exact) mass is 309 g/mol. The number of rotatable bonds is 4. The molecule has 1 aliphatic rings. The molecular formula is C20H23NO2. The highest BCUT2D eigenvalue weighted by atomic mass is 16.5. The minimum Gasteiger partial charge on any atom is -0.466 e. The van der Waals surface area contributed by atoms with Gasteiger partial charge in [0.2, 0.25) is 0 Å². The molecule has 3 rings (SSSR count). The Morgan fingerprint density at radius 1 is 1.09 bits per heavy atom. The van der Waals surface area contributed by atoms with Crippen molar-refractivity contribution in [2.24, 2.45) is 5.92 Å². The molecule has 1 heterocycles. The second-order valence-electron chi connectivity index (χ2n) is 6.08. The Kier molecular flexibility index (Phi) is 5.09. The Labute approximate surface area is 137 Å². The highest BCUT2D eigenvalue weighted by Crippen LogP contribution is 2.24. The van der Waals surface area contributed by atoms with Gasteiger partial charge in [0.25, 0.3) is 0 Å². The molecule has 1 aliphatic heterocycles. The lowest BCUT2D eigenvalue weighted by Crippen LogP contribution is -2.32. The van der Waals surface area contributed by atoms with E-state index in [0.29, 0.717) is 6.61 Å². The molecule has 0 spiro atoms. The van der Waals surface area contributed by atoms with Crippen molar-refractivity contribution in [3.8, 4) is 0 Å². The molecular weight excluding hydrogens is 286 g/mol.